The smallest absolute Gasteiger partial charge is 0.422 e. The molecule has 25 heavy (non-hydrogen) atoms. The second-order valence-electron chi connectivity index (χ2n) is 6.40. The lowest BCUT2D eigenvalue weighted by atomic mass is 9.87. The molecule has 1 fully saturated rings. The highest BCUT2D eigenvalue weighted by Gasteiger charge is 2.29. The predicted octanol–water partition coefficient (Wildman–Crippen LogP) is 3.27. The Bertz CT molecular complexity index is 569. The van der Waals surface area contributed by atoms with Crippen LogP contribution in [-0.4, -0.2) is 36.8 Å². The summed E-state index contributed by atoms with van der Waals surface area (Å²) in [6, 6.07) is 3.72. The molecule has 1 saturated carbocycles. The van der Waals surface area contributed by atoms with Crippen LogP contribution in [0.4, 0.5) is 13.2 Å². The molecule has 1 aromatic heterocycles. The van der Waals surface area contributed by atoms with Crippen molar-refractivity contribution < 1.29 is 17.9 Å². The molecule has 1 aliphatic carbocycles. The number of guanidine groups is 1. The van der Waals surface area contributed by atoms with Crippen molar-refractivity contribution in [3.63, 3.8) is 0 Å². The first-order chi connectivity index (χ1) is 11.9. The summed E-state index contributed by atoms with van der Waals surface area (Å²) in [5.74, 6) is 1.37. The van der Waals surface area contributed by atoms with Crippen molar-refractivity contribution in [3.05, 3.63) is 23.9 Å². The first-order valence-corrected chi connectivity index (χ1v) is 8.48. The van der Waals surface area contributed by atoms with Crippen molar-refractivity contribution in [3.8, 4) is 5.88 Å². The molecule has 8 heteroatoms. The zero-order chi connectivity index (χ0) is 18.3. The molecule has 1 aliphatic rings. The van der Waals surface area contributed by atoms with Gasteiger partial charge >= 0.3 is 6.18 Å². The highest BCUT2D eigenvalue weighted by atomic mass is 19.4. The van der Waals surface area contributed by atoms with E-state index in [1.165, 1.54) is 19.0 Å². The molecule has 0 unspecified atom stereocenters. The first kappa shape index (κ1) is 19.3. The number of aliphatic imine (C=N–C) groups is 1. The average molecular weight is 358 g/mol. The molecule has 5 nitrogen and oxygen atoms in total. The van der Waals surface area contributed by atoms with Crippen LogP contribution in [0, 0.1) is 5.92 Å². The molecule has 2 rings (SSSR count). The van der Waals surface area contributed by atoms with E-state index >= 15 is 0 Å². The summed E-state index contributed by atoms with van der Waals surface area (Å²) in [7, 11) is 1.67. The lowest BCUT2D eigenvalue weighted by Gasteiger charge is -2.28. The number of hydrogen-bond donors (Lipinski definition) is 2. The van der Waals surface area contributed by atoms with Crippen LogP contribution in [0.3, 0.4) is 0 Å². The van der Waals surface area contributed by atoms with Gasteiger partial charge in [0.2, 0.25) is 5.88 Å². The maximum atomic E-state index is 12.3. The number of rotatable bonds is 5. The summed E-state index contributed by atoms with van der Waals surface area (Å²) >= 11 is 0. The van der Waals surface area contributed by atoms with E-state index < -0.39 is 12.8 Å². The van der Waals surface area contributed by atoms with E-state index in [0.29, 0.717) is 17.6 Å². The number of halogens is 3. The van der Waals surface area contributed by atoms with Gasteiger partial charge in [0.25, 0.3) is 0 Å². The zero-order valence-electron chi connectivity index (χ0n) is 14.6. The monoisotopic (exact) mass is 358 g/mol. The lowest BCUT2D eigenvalue weighted by Crippen LogP contribution is -2.44. The number of ether oxygens (including phenoxy) is 1. The largest absolute Gasteiger partial charge is 0.468 e. The minimum absolute atomic E-state index is 0.0192. The Morgan fingerprint density at radius 2 is 2.04 bits per heavy atom. The van der Waals surface area contributed by atoms with Crippen LogP contribution >= 0.6 is 0 Å². The van der Waals surface area contributed by atoms with E-state index in [1.54, 1.807) is 19.2 Å². The van der Waals surface area contributed by atoms with E-state index in [2.05, 4.69) is 27.5 Å². The van der Waals surface area contributed by atoms with E-state index in [0.717, 1.165) is 18.8 Å². The van der Waals surface area contributed by atoms with Crippen molar-refractivity contribution in [1.82, 2.24) is 15.6 Å². The van der Waals surface area contributed by atoms with Gasteiger partial charge in [0.1, 0.15) is 0 Å². The van der Waals surface area contributed by atoms with Crippen LogP contribution < -0.4 is 15.4 Å². The maximum absolute atomic E-state index is 12.3. The Labute approximate surface area is 146 Å². The van der Waals surface area contributed by atoms with E-state index in [4.69, 9.17) is 4.74 Å². The minimum atomic E-state index is -4.39. The molecule has 0 atom stereocenters. The average Bonchev–Trinajstić information content (AvgIpc) is 2.58. The van der Waals surface area contributed by atoms with Crippen LogP contribution in [0.1, 0.15) is 38.2 Å². The second-order valence-corrected chi connectivity index (χ2v) is 6.40. The summed E-state index contributed by atoms with van der Waals surface area (Å²) in [6.07, 6.45) is 1.58. The molecule has 2 N–H and O–H groups in total. The predicted molar refractivity (Wildman–Crippen MR) is 90.5 cm³/mol. The van der Waals surface area contributed by atoms with Gasteiger partial charge in [-0.15, -0.1) is 0 Å². The van der Waals surface area contributed by atoms with Gasteiger partial charge in [-0.1, -0.05) is 13.0 Å². The number of pyridine rings is 1. The molecule has 0 aromatic carbocycles. The summed E-state index contributed by atoms with van der Waals surface area (Å²) in [6.45, 7) is 1.18. The quantitative estimate of drug-likeness (QED) is 0.627. The fraction of sp³-hybridized carbons (Fsp3) is 0.647. The molecule has 0 bridgehead atoms. The third kappa shape index (κ3) is 6.80. The van der Waals surface area contributed by atoms with E-state index in [-0.39, 0.29) is 12.4 Å². The molecule has 0 radical (unpaired) electrons. The second kappa shape index (κ2) is 8.92. The maximum Gasteiger partial charge on any atom is 0.422 e. The highest BCUT2D eigenvalue weighted by molar-refractivity contribution is 5.80. The van der Waals surface area contributed by atoms with Crippen LogP contribution in [0.25, 0.3) is 0 Å². The van der Waals surface area contributed by atoms with Gasteiger partial charge in [-0.2, -0.15) is 13.2 Å². The van der Waals surface area contributed by atoms with Crippen LogP contribution in [0.5, 0.6) is 5.88 Å². The number of aromatic nitrogens is 1. The van der Waals surface area contributed by atoms with Gasteiger partial charge in [-0.05, 0) is 37.7 Å². The highest BCUT2D eigenvalue weighted by Crippen LogP contribution is 2.23. The van der Waals surface area contributed by atoms with Crippen molar-refractivity contribution >= 4 is 5.96 Å². The standard InChI is InChI=1S/C17H25F3N4O/c1-12-5-7-14(8-6-12)24-16(21-2)23-10-13-4-3-9-22-15(13)25-11-17(18,19)20/h3-4,9,12,14H,5-8,10-11H2,1-2H3,(H2,21,23,24). The topological polar surface area (TPSA) is 58.5 Å². The van der Waals surface area contributed by atoms with Gasteiger partial charge in [-0.25, -0.2) is 4.98 Å². The molecular formula is C17H25F3N4O. The number of nitrogens with one attached hydrogen (secondary N) is 2. The third-order valence-corrected chi connectivity index (χ3v) is 4.25. The molecule has 1 aromatic rings. The van der Waals surface area contributed by atoms with E-state index in [9.17, 15) is 13.2 Å². The normalized spacial score (nSPS) is 21.7. The number of alkyl halides is 3. The Kier molecular flexibility index (Phi) is 6.90. The molecule has 0 amide bonds. The van der Waals surface area contributed by atoms with Crippen molar-refractivity contribution in [1.29, 1.82) is 0 Å². The number of hydrogen-bond acceptors (Lipinski definition) is 3. The molecule has 0 aliphatic heterocycles. The number of nitrogens with zero attached hydrogens (tertiary/aromatic N) is 2. The first-order valence-electron chi connectivity index (χ1n) is 8.48. The van der Waals surface area contributed by atoms with Crippen molar-refractivity contribution in [2.24, 2.45) is 10.9 Å². The van der Waals surface area contributed by atoms with Gasteiger partial charge in [0.05, 0.1) is 0 Å². The van der Waals surface area contributed by atoms with Crippen LogP contribution in [-0.2, 0) is 6.54 Å². The fourth-order valence-electron chi connectivity index (χ4n) is 2.81. The van der Waals surface area contributed by atoms with Gasteiger partial charge < -0.3 is 15.4 Å². The van der Waals surface area contributed by atoms with E-state index in [1.807, 2.05) is 0 Å². The van der Waals surface area contributed by atoms with Gasteiger partial charge in [0, 0.05) is 31.4 Å². The summed E-state index contributed by atoms with van der Waals surface area (Å²) in [4.78, 5) is 8.07. The van der Waals surface area contributed by atoms with Crippen molar-refractivity contribution in [2.75, 3.05) is 13.7 Å². The molecule has 140 valence electrons. The lowest BCUT2D eigenvalue weighted by molar-refractivity contribution is -0.154. The van der Waals surface area contributed by atoms with Crippen LogP contribution in [0.2, 0.25) is 0 Å². The summed E-state index contributed by atoms with van der Waals surface area (Å²) in [5.41, 5.74) is 0.548. The van der Waals surface area contributed by atoms with Gasteiger partial charge in [0.15, 0.2) is 12.6 Å². The Hall–Kier alpha value is -1.99. The Morgan fingerprint density at radius 1 is 1.32 bits per heavy atom. The molecule has 1 heterocycles. The molecular weight excluding hydrogens is 333 g/mol. The van der Waals surface area contributed by atoms with Crippen LogP contribution in [0.15, 0.2) is 23.3 Å². The minimum Gasteiger partial charge on any atom is -0.468 e. The van der Waals surface area contributed by atoms with Crippen molar-refractivity contribution in [2.45, 2.75) is 51.4 Å². The summed E-state index contributed by atoms with van der Waals surface area (Å²) < 4.78 is 41.8. The molecule has 0 saturated heterocycles. The SMILES string of the molecule is CN=C(NCc1cccnc1OCC(F)(F)F)NC1CCC(C)CC1. The fourth-order valence-corrected chi connectivity index (χ4v) is 2.81. The Morgan fingerprint density at radius 3 is 2.68 bits per heavy atom. The summed E-state index contributed by atoms with van der Waals surface area (Å²) in [5, 5.41) is 6.49. The van der Waals surface area contributed by atoms with Gasteiger partial charge in [-0.3, -0.25) is 4.99 Å². The zero-order valence-corrected chi connectivity index (χ0v) is 14.6. The Balaban J connectivity index is 1.88. The molecule has 0 spiro atoms. The third-order valence-electron chi connectivity index (χ3n) is 4.25.